The van der Waals surface area contributed by atoms with Crippen LogP contribution in [0.25, 0.3) is 10.8 Å². The summed E-state index contributed by atoms with van der Waals surface area (Å²) in [5, 5.41) is 6.01. The summed E-state index contributed by atoms with van der Waals surface area (Å²) in [4.78, 5) is 0. The van der Waals surface area contributed by atoms with Crippen LogP contribution < -0.4 is 5.32 Å². The highest BCUT2D eigenvalue weighted by atomic mass is 16.5. The van der Waals surface area contributed by atoms with Crippen LogP contribution in [0.2, 0.25) is 0 Å². The van der Waals surface area contributed by atoms with Gasteiger partial charge in [-0.2, -0.15) is 0 Å². The van der Waals surface area contributed by atoms with Gasteiger partial charge in [-0.15, -0.1) is 0 Å². The zero-order chi connectivity index (χ0) is 14.7. The molecule has 1 aliphatic heterocycles. The minimum Gasteiger partial charge on any atom is -0.381 e. The average Bonchev–Trinajstić information content (AvgIpc) is 2.56. The molecular weight excluding hydrogens is 262 g/mol. The van der Waals surface area contributed by atoms with Gasteiger partial charge in [0, 0.05) is 33.2 Å². The van der Waals surface area contributed by atoms with Crippen molar-refractivity contribution in [2.75, 3.05) is 27.4 Å². The summed E-state index contributed by atoms with van der Waals surface area (Å²) in [7, 11) is 3.83. The third-order valence-corrected chi connectivity index (χ3v) is 4.67. The van der Waals surface area contributed by atoms with E-state index in [0.29, 0.717) is 0 Å². The van der Waals surface area contributed by atoms with Crippen molar-refractivity contribution in [1.29, 1.82) is 0 Å². The Bertz CT molecular complexity index is 605. The van der Waals surface area contributed by atoms with Crippen LogP contribution in [0.4, 0.5) is 0 Å². The molecule has 0 aromatic heterocycles. The highest BCUT2D eigenvalue weighted by Gasteiger charge is 2.40. The smallest absolute Gasteiger partial charge is 0.0916 e. The Hall–Kier alpha value is -1.42. The zero-order valence-corrected chi connectivity index (χ0v) is 12.8. The zero-order valence-electron chi connectivity index (χ0n) is 12.8. The first-order chi connectivity index (χ1) is 10.3. The lowest BCUT2D eigenvalue weighted by Gasteiger charge is -2.42. The maximum absolute atomic E-state index is 5.96. The Kier molecular flexibility index (Phi) is 4.24. The van der Waals surface area contributed by atoms with E-state index in [9.17, 15) is 0 Å². The van der Waals surface area contributed by atoms with Gasteiger partial charge < -0.3 is 14.8 Å². The monoisotopic (exact) mass is 285 g/mol. The Balaban J connectivity index is 2.00. The van der Waals surface area contributed by atoms with Crippen LogP contribution in [0.1, 0.15) is 24.4 Å². The van der Waals surface area contributed by atoms with E-state index >= 15 is 0 Å². The van der Waals surface area contributed by atoms with Crippen molar-refractivity contribution in [3.8, 4) is 0 Å². The second-order valence-corrected chi connectivity index (χ2v) is 5.71. The van der Waals surface area contributed by atoms with Crippen molar-refractivity contribution in [1.82, 2.24) is 5.32 Å². The summed E-state index contributed by atoms with van der Waals surface area (Å²) in [5.74, 6) is 0. The molecular formula is C18H23NO2. The van der Waals surface area contributed by atoms with Crippen LogP contribution in [0.5, 0.6) is 0 Å². The van der Waals surface area contributed by atoms with E-state index in [1.807, 2.05) is 14.2 Å². The minimum absolute atomic E-state index is 0.177. The van der Waals surface area contributed by atoms with Gasteiger partial charge in [0.15, 0.2) is 0 Å². The fourth-order valence-corrected chi connectivity index (χ4v) is 3.45. The fourth-order valence-electron chi connectivity index (χ4n) is 3.45. The van der Waals surface area contributed by atoms with Crippen molar-refractivity contribution in [3.05, 3.63) is 48.0 Å². The molecule has 1 aliphatic rings. The maximum atomic E-state index is 5.96. The lowest BCUT2D eigenvalue weighted by atomic mass is 9.81. The van der Waals surface area contributed by atoms with E-state index in [-0.39, 0.29) is 11.6 Å². The van der Waals surface area contributed by atoms with Crippen molar-refractivity contribution >= 4 is 10.8 Å². The van der Waals surface area contributed by atoms with Gasteiger partial charge in [0.05, 0.1) is 11.6 Å². The normalized spacial score (nSPS) is 19.5. The molecule has 3 rings (SSSR count). The predicted molar refractivity (Wildman–Crippen MR) is 85.5 cm³/mol. The number of hydrogen-bond donors (Lipinski definition) is 1. The largest absolute Gasteiger partial charge is 0.381 e. The first-order valence-corrected chi connectivity index (χ1v) is 7.58. The predicted octanol–water partition coefficient (Wildman–Crippen LogP) is 3.30. The molecule has 1 fully saturated rings. The molecule has 3 nitrogen and oxygen atoms in total. The number of likely N-dealkylation sites (N-methyl/N-ethyl adjacent to an activating group) is 1. The second kappa shape index (κ2) is 6.14. The number of ether oxygens (including phenoxy) is 2. The molecule has 1 saturated heterocycles. The van der Waals surface area contributed by atoms with Crippen LogP contribution in [0.15, 0.2) is 42.5 Å². The number of benzene rings is 2. The average molecular weight is 285 g/mol. The maximum Gasteiger partial charge on any atom is 0.0916 e. The van der Waals surface area contributed by atoms with E-state index in [1.165, 1.54) is 16.3 Å². The van der Waals surface area contributed by atoms with Gasteiger partial charge >= 0.3 is 0 Å². The van der Waals surface area contributed by atoms with E-state index in [1.54, 1.807) is 0 Å². The van der Waals surface area contributed by atoms with E-state index in [2.05, 4.69) is 47.8 Å². The third-order valence-electron chi connectivity index (χ3n) is 4.67. The number of methoxy groups -OCH3 is 1. The SMILES string of the molecule is CNC(c1ccc2ccccc2c1)C1(OC)CCOCC1. The Labute approximate surface area is 126 Å². The summed E-state index contributed by atoms with van der Waals surface area (Å²) in [6, 6.07) is 15.3. The highest BCUT2D eigenvalue weighted by Crippen LogP contribution is 2.37. The molecule has 0 saturated carbocycles. The standard InChI is InChI=1S/C18H23NO2/c1-19-17(18(20-2)9-11-21-12-10-18)16-8-7-14-5-3-4-6-15(14)13-16/h3-8,13,17,19H,9-12H2,1-2H3. The lowest BCUT2D eigenvalue weighted by molar-refractivity contribution is -0.110. The van der Waals surface area contributed by atoms with E-state index < -0.39 is 0 Å². The molecule has 2 aromatic rings. The van der Waals surface area contributed by atoms with Crippen LogP contribution in [-0.4, -0.2) is 33.0 Å². The van der Waals surface area contributed by atoms with Crippen molar-refractivity contribution < 1.29 is 9.47 Å². The van der Waals surface area contributed by atoms with Crippen molar-refractivity contribution in [2.45, 2.75) is 24.5 Å². The lowest BCUT2D eigenvalue weighted by Crippen LogP contribution is -2.48. The summed E-state index contributed by atoms with van der Waals surface area (Å²) in [5.41, 5.74) is 1.09. The van der Waals surface area contributed by atoms with Crippen LogP contribution >= 0.6 is 0 Å². The molecule has 21 heavy (non-hydrogen) atoms. The molecule has 0 radical (unpaired) electrons. The van der Waals surface area contributed by atoms with Crippen molar-refractivity contribution in [2.24, 2.45) is 0 Å². The molecule has 0 aliphatic carbocycles. The van der Waals surface area contributed by atoms with Gasteiger partial charge in [0.2, 0.25) is 0 Å². The van der Waals surface area contributed by atoms with Crippen LogP contribution in [-0.2, 0) is 9.47 Å². The number of nitrogens with one attached hydrogen (secondary N) is 1. The molecule has 1 unspecified atom stereocenters. The highest BCUT2D eigenvalue weighted by molar-refractivity contribution is 5.83. The molecule has 1 heterocycles. The Morgan fingerprint density at radius 2 is 1.81 bits per heavy atom. The molecule has 2 aromatic carbocycles. The molecule has 0 amide bonds. The first-order valence-electron chi connectivity index (χ1n) is 7.58. The quantitative estimate of drug-likeness (QED) is 0.935. The summed E-state index contributed by atoms with van der Waals surface area (Å²) >= 11 is 0. The van der Waals surface area contributed by atoms with Gasteiger partial charge in [-0.25, -0.2) is 0 Å². The fraction of sp³-hybridized carbons (Fsp3) is 0.444. The molecule has 1 atom stereocenters. The molecule has 0 spiro atoms. The first kappa shape index (κ1) is 14.5. The topological polar surface area (TPSA) is 30.5 Å². The molecule has 112 valence electrons. The van der Waals surface area contributed by atoms with Gasteiger partial charge in [0.1, 0.15) is 0 Å². The van der Waals surface area contributed by atoms with E-state index in [4.69, 9.17) is 9.47 Å². The number of fused-ring (bicyclic) bond motifs is 1. The Morgan fingerprint density at radius 1 is 1.10 bits per heavy atom. The van der Waals surface area contributed by atoms with E-state index in [0.717, 1.165) is 26.1 Å². The van der Waals surface area contributed by atoms with Gasteiger partial charge in [0.25, 0.3) is 0 Å². The second-order valence-electron chi connectivity index (χ2n) is 5.71. The Morgan fingerprint density at radius 3 is 2.48 bits per heavy atom. The third kappa shape index (κ3) is 2.69. The number of hydrogen-bond acceptors (Lipinski definition) is 3. The minimum atomic E-state index is -0.185. The summed E-state index contributed by atoms with van der Waals surface area (Å²) < 4.78 is 11.5. The van der Waals surface area contributed by atoms with Crippen LogP contribution in [0.3, 0.4) is 0 Å². The van der Waals surface area contributed by atoms with Gasteiger partial charge in [-0.3, -0.25) is 0 Å². The molecule has 3 heteroatoms. The molecule has 1 N–H and O–H groups in total. The summed E-state index contributed by atoms with van der Waals surface area (Å²) in [6.45, 7) is 1.53. The number of rotatable bonds is 4. The molecule has 0 bridgehead atoms. The van der Waals surface area contributed by atoms with Crippen LogP contribution in [0, 0.1) is 0 Å². The van der Waals surface area contributed by atoms with Gasteiger partial charge in [-0.1, -0.05) is 36.4 Å². The summed E-state index contributed by atoms with van der Waals surface area (Å²) in [6.07, 6.45) is 1.84. The van der Waals surface area contributed by atoms with Gasteiger partial charge in [-0.05, 0) is 29.4 Å². The van der Waals surface area contributed by atoms with Crippen molar-refractivity contribution in [3.63, 3.8) is 0 Å².